The maximum atomic E-state index is 14.7. The van der Waals surface area contributed by atoms with Crippen molar-refractivity contribution >= 4 is 82.3 Å². The summed E-state index contributed by atoms with van der Waals surface area (Å²) in [5.74, 6) is -0.176. The molecule has 0 aliphatic carbocycles. The van der Waals surface area contributed by atoms with Crippen molar-refractivity contribution < 1.29 is 38.2 Å². The Morgan fingerprint density at radius 2 is 1.55 bits per heavy atom. The number of halogens is 1. The second-order valence-corrected chi connectivity index (χ2v) is 35.0. The summed E-state index contributed by atoms with van der Waals surface area (Å²) >= 11 is 14.3. The summed E-state index contributed by atoms with van der Waals surface area (Å²) in [6.07, 6.45) is 2.19. The molecule has 5 aromatic rings. The van der Waals surface area contributed by atoms with Gasteiger partial charge in [-0.15, -0.1) is 10.1 Å². The minimum absolute atomic E-state index is 0.0411. The highest BCUT2D eigenvalue weighted by Gasteiger charge is 2.45. The highest BCUT2D eigenvalue weighted by Crippen LogP contribution is 3.04. The number of aromatic hydroxyl groups is 1. The van der Waals surface area contributed by atoms with E-state index in [0.717, 1.165) is 16.2 Å². The van der Waals surface area contributed by atoms with Gasteiger partial charge in [0.1, 0.15) is 30.2 Å². The van der Waals surface area contributed by atoms with Crippen LogP contribution in [0.4, 0.5) is 4.39 Å². The van der Waals surface area contributed by atoms with Gasteiger partial charge >= 0.3 is 5.97 Å². The Bertz CT molecular complexity index is 2280. The van der Waals surface area contributed by atoms with E-state index < -0.39 is 36.9 Å². The molecule has 10 nitrogen and oxygen atoms in total. The molecule has 18 heteroatoms. The zero-order chi connectivity index (χ0) is 39.3. The number of unbranched alkanes of at least 4 members (excludes halogenated alkanes) is 1. The molecular formula is C37H35FN2O8P2S5. The summed E-state index contributed by atoms with van der Waals surface area (Å²) < 4.78 is 36.8. The largest absolute Gasteiger partial charge is 0.612 e. The van der Waals surface area contributed by atoms with Crippen molar-refractivity contribution in [2.45, 2.75) is 37.7 Å². The van der Waals surface area contributed by atoms with Gasteiger partial charge in [0.05, 0.1) is 34.2 Å². The van der Waals surface area contributed by atoms with E-state index >= 15 is 0 Å². The number of phenols is 1. The van der Waals surface area contributed by atoms with Gasteiger partial charge in [-0.05, 0) is 133 Å². The normalized spacial score (nSPS) is 18.3. The molecule has 0 amide bonds. The minimum Gasteiger partial charge on any atom is -0.612 e. The van der Waals surface area contributed by atoms with E-state index in [1.165, 1.54) is 12.1 Å². The lowest BCUT2D eigenvalue weighted by Gasteiger charge is -2.40. The zero-order valence-corrected chi connectivity index (χ0v) is 35.4. The molecular weight excluding hydrogens is 842 g/mol. The average molecular weight is 877 g/mol. The molecule has 4 aromatic carbocycles. The smallest absolute Gasteiger partial charge is 0.310 e. The highest BCUT2D eigenvalue weighted by atomic mass is 33.7. The van der Waals surface area contributed by atoms with Gasteiger partial charge in [-0.25, -0.2) is 4.39 Å². The van der Waals surface area contributed by atoms with Crippen LogP contribution in [0.3, 0.4) is 0 Å². The molecule has 1 atom stereocenters. The molecule has 1 aromatic heterocycles. The van der Waals surface area contributed by atoms with Crippen LogP contribution >= 0.6 is 30.9 Å². The van der Waals surface area contributed by atoms with E-state index in [-0.39, 0.29) is 32.0 Å². The third kappa shape index (κ3) is 9.80. The molecule has 1 aliphatic heterocycles. The van der Waals surface area contributed by atoms with Crippen LogP contribution < -0.4 is 15.3 Å². The number of ether oxygens (including phenoxy) is 2. The van der Waals surface area contributed by atoms with Crippen LogP contribution in [0.2, 0.25) is 0 Å². The minimum atomic E-state index is -2.04. The summed E-state index contributed by atoms with van der Waals surface area (Å²) in [7, 11) is 0. The number of nitrogens with zero attached hydrogens (tertiary/aromatic N) is 2. The van der Waals surface area contributed by atoms with Gasteiger partial charge < -0.3 is 28.5 Å². The molecule has 1 unspecified atom stereocenters. The second kappa shape index (κ2) is 17.9. The fourth-order valence-electron chi connectivity index (χ4n) is 5.95. The Kier molecular flexibility index (Phi) is 13.4. The van der Waals surface area contributed by atoms with Crippen molar-refractivity contribution in [2.75, 3.05) is 19.5 Å². The molecule has 2 heterocycles. The predicted molar refractivity (Wildman–Crippen MR) is 227 cm³/mol. The van der Waals surface area contributed by atoms with E-state index in [4.69, 9.17) is 33.1 Å². The summed E-state index contributed by atoms with van der Waals surface area (Å²) in [5.41, 5.74) is 3.94. The van der Waals surface area contributed by atoms with Crippen molar-refractivity contribution in [3.05, 3.63) is 130 Å². The lowest BCUT2D eigenvalue weighted by atomic mass is 10.0. The van der Waals surface area contributed by atoms with Gasteiger partial charge in [0, 0.05) is 27.6 Å². The van der Waals surface area contributed by atoms with Crippen LogP contribution in [-0.2, 0) is 62.2 Å². The molecule has 1 N–H and O–H groups in total. The molecule has 0 radical (unpaired) electrons. The topological polar surface area (TPSA) is 136 Å². The van der Waals surface area contributed by atoms with Crippen LogP contribution in [0.1, 0.15) is 29.7 Å². The lowest BCUT2D eigenvalue weighted by molar-refractivity contribution is -0.757. The van der Waals surface area contributed by atoms with E-state index in [1.54, 1.807) is 64.7 Å². The van der Waals surface area contributed by atoms with Crippen LogP contribution in [0.25, 0.3) is 16.9 Å². The lowest BCUT2D eigenvalue weighted by Crippen LogP contribution is -2.12. The highest BCUT2D eigenvalue weighted by molar-refractivity contribution is 9.48. The van der Waals surface area contributed by atoms with Crippen LogP contribution in [0.15, 0.2) is 102 Å². The first-order valence-corrected chi connectivity index (χ1v) is 28.0. The predicted octanol–water partition coefficient (Wildman–Crippen LogP) is 8.74. The number of phenolic OH excluding ortho intramolecular Hbond substituents is 1. The monoisotopic (exact) mass is 876 g/mol. The Labute approximate surface area is 338 Å². The third-order valence-corrected chi connectivity index (χ3v) is 40.8. The van der Waals surface area contributed by atoms with Gasteiger partial charge in [0.15, 0.2) is 4.90 Å². The quantitative estimate of drug-likeness (QED) is 0.0254. The number of benzene rings is 4. The number of rotatable bonds is 16. The molecule has 1 saturated heterocycles. The maximum absolute atomic E-state index is 14.7. The first-order chi connectivity index (χ1) is 26.3. The van der Waals surface area contributed by atoms with Gasteiger partial charge in [-0.2, -0.15) is 0 Å². The molecule has 0 spiro atoms. The summed E-state index contributed by atoms with van der Waals surface area (Å²) in [6.45, 7) is 1.84. The number of hydrogen-bond acceptors (Lipinski definition) is 12. The number of carbonyl (C=O) groups is 1. The van der Waals surface area contributed by atoms with Gasteiger partial charge in [-0.1, -0.05) is 51.7 Å². The molecule has 0 bridgehead atoms. The Morgan fingerprint density at radius 1 is 0.927 bits per heavy atom. The van der Waals surface area contributed by atoms with E-state index in [1.807, 2.05) is 60.0 Å². The van der Waals surface area contributed by atoms with E-state index in [0.29, 0.717) is 51.7 Å². The third-order valence-electron chi connectivity index (χ3n) is 8.62. The summed E-state index contributed by atoms with van der Waals surface area (Å²) in [4.78, 5) is 28.7. The van der Waals surface area contributed by atoms with Crippen LogP contribution in [0.5, 0.6) is 11.5 Å². The van der Waals surface area contributed by atoms with Crippen molar-refractivity contribution in [1.29, 1.82) is 0 Å². The van der Waals surface area contributed by atoms with Gasteiger partial charge in [0.25, 0.3) is 5.09 Å². The Balaban J connectivity index is 1.29. The molecule has 1 fully saturated rings. The maximum Gasteiger partial charge on any atom is 0.310 e. The van der Waals surface area contributed by atoms with Crippen molar-refractivity contribution in [3.63, 3.8) is 0 Å². The first kappa shape index (κ1) is 41.3. The van der Waals surface area contributed by atoms with E-state index in [9.17, 15) is 29.0 Å². The average Bonchev–Trinajstić information content (AvgIpc) is 3.41. The fraction of sp³-hybridized carbons (Fsp3) is 0.216. The Morgan fingerprint density at radius 3 is 2.15 bits per heavy atom. The molecule has 288 valence electrons. The van der Waals surface area contributed by atoms with Gasteiger partial charge in [-0.3, -0.25) is 4.79 Å². The molecule has 1 aliphatic rings. The Hall–Kier alpha value is -3.33. The zero-order valence-electron chi connectivity index (χ0n) is 29.5. The number of hydrogen-bond donors (Lipinski definition) is 1. The fourth-order valence-corrected chi connectivity index (χ4v) is 48.7. The van der Waals surface area contributed by atoms with Crippen LogP contribution in [-0.4, -0.2) is 44.8 Å². The summed E-state index contributed by atoms with van der Waals surface area (Å²) in [5, 5.41) is 21.3. The molecule has 6 rings (SSSR count). The number of esters is 1. The standard InChI is InChI=1S/C37H35FN2O8P2S5/c1-25-34(23-36(42)46-20-3-4-21-48-40(43)44)35(37(26-8-18-33(19-9-26)55(2)45)39(25)28-7-5-6-27(38)22-28)24-47-30-12-16-32(17-13-30)50(52)53-49(51,54-50)31-14-10-29(41)11-15-31/h5-19,22,41H,3-4,20-21,23-24H2,1-2H3. The van der Waals surface area contributed by atoms with Gasteiger partial charge in [0.2, 0.25) is 0 Å². The second-order valence-electron chi connectivity index (χ2n) is 12.3. The SMILES string of the molecule is Cc1c(CC(=O)OCCCCO[N+](=O)[O-])c(COc2ccc(P3(=S)SP(=S)(c4ccc(O)cc4)S3)cc2)c(-c2ccc([S+](C)[O-])cc2)n1-c1cccc(F)c1. The molecule has 0 saturated carbocycles. The number of aromatic nitrogens is 1. The number of carbonyl (C=O) groups excluding carboxylic acids is 1. The van der Waals surface area contributed by atoms with Crippen molar-refractivity contribution in [2.24, 2.45) is 0 Å². The summed E-state index contributed by atoms with van der Waals surface area (Å²) in [6, 6.07) is 28.1. The molecule has 55 heavy (non-hydrogen) atoms. The first-order valence-electron chi connectivity index (χ1n) is 16.8. The van der Waals surface area contributed by atoms with Crippen LogP contribution in [0, 0.1) is 22.9 Å². The van der Waals surface area contributed by atoms with Crippen molar-refractivity contribution in [3.8, 4) is 28.4 Å². The van der Waals surface area contributed by atoms with Crippen molar-refractivity contribution in [1.82, 2.24) is 4.57 Å². The van der Waals surface area contributed by atoms with E-state index in [2.05, 4.69) is 4.84 Å².